The summed E-state index contributed by atoms with van der Waals surface area (Å²) in [6.07, 6.45) is 0.484. The van der Waals surface area contributed by atoms with E-state index < -0.39 is 0 Å². The van der Waals surface area contributed by atoms with Crippen LogP contribution in [0.2, 0.25) is 0 Å². The summed E-state index contributed by atoms with van der Waals surface area (Å²) in [5, 5.41) is 0. The number of carbonyl (C=O) groups is 1. The van der Waals surface area contributed by atoms with Gasteiger partial charge in [-0.05, 0) is 20.0 Å². The molecule has 3 heteroatoms. The lowest BCUT2D eigenvalue weighted by atomic mass is 10.1. The smallest absolute Gasteiger partial charge is 0.217 e. The van der Waals surface area contributed by atoms with Gasteiger partial charge >= 0.3 is 0 Å². The lowest BCUT2D eigenvalue weighted by Crippen LogP contribution is -2.24. The standard InChI is InChI=1S/C7H16N2O/c1-6(4-7(8)10)5-9(2)3/h6H,4-5H2,1-3H3,(H2,8,10). The lowest BCUT2D eigenvalue weighted by molar-refractivity contribution is -0.118. The maximum absolute atomic E-state index is 10.4. The Morgan fingerprint density at radius 2 is 2.10 bits per heavy atom. The van der Waals surface area contributed by atoms with Gasteiger partial charge in [-0.3, -0.25) is 4.79 Å². The summed E-state index contributed by atoms with van der Waals surface area (Å²) in [4.78, 5) is 12.4. The molecule has 0 aromatic heterocycles. The highest BCUT2D eigenvalue weighted by Gasteiger charge is 2.05. The summed E-state index contributed by atoms with van der Waals surface area (Å²) in [5.74, 6) is 0.154. The van der Waals surface area contributed by atoms with Gasteiger partial charge in [0.1, 0.15) is 0 Å². The number of nitrogens with two attached hydrogens (primary N) is 1. The van der Waals surface area contributed by atoms with E-state index in [0.717, 1.165) is 6.54 Å². The molecule has 0 aliphatic heterocycles. The van der Waals surface area contributed by atoms with Gasteiger partial charge in [-0.25, -0.2) is 0 Å². The van der Waals surface area contributed by atoms with Crippen molar-refractivity contribution in [2.75, 3.05) is 20.6 Å². The minimum Gasteiger partial charge on any atom is -0.370 e. The van der Waals surface area contributed by atoms with Gasteiger partial charge in [-0.2, -0.15) is 0 Å². The molecule has 0 spiro atoms. The molecule has 2 N–H and O–H groups in total. The number of hydrogen-bond donors (Lipinski definition) is 1. The lowest BCUT2D eigenvalue weighted by Gasteiger charge is -2.14. The average molecular weight is 144 g/mol. The van der Waals surface area contributed by atoms with Crippen LogP contribution in [0, 0.1) is 5.92 Å². The van der Waals surface area contributed by atoms with E-state index in [4.69, 9.17) is 5.73 Å². The summed E-state index contributed by atoms with van der Waals surface area (Å²) in [7, 11) is 3.97. The highest BCUT2D eigenvalue weighted by Crippen LogP contribution is 2.00. The number of nitrogens with zero attached hydrogens (tertiary/aromatic N) is 1. The Hall–Kier alpha value is -0.570. The normalized spacial score (nSPS) is 13.6. The summed E-state index contributed by atoms with van der Waals surface area (Å²) in [6, 6.07) is 0. The van der Waals surface area contributed by atoms with Gasteiger partial charge in [-0.15, -0.1) is 0 Å². The van der Waals surface area contributed by atoms with Crippen molar-refractivity contribution < 1.29 is 4.79 Å². The fourth-order valence-electron chi connectivity index (χ4n) is 1.03. The van der Waals surface area contributed by atoms with Crippen LogP contribution in [0.15, 0.2) is 0 Å². The van der Waals surface area contributed by atoms with Crippen molar-refractivity contribution in [3.8, 4) is 0 Å². The number of carbonyl (C=O) groups excluding carboxylic acids is 1. The molecule has 1 amide bonds. The molecule has 3 nitrogen and oxygen atoms in total. The zero-order valence-corrected chi connectivity index (χ0v) is 6.92. The van der Waals surface area contributed by atoms with E-state index in [1.165, 1.54) is 0 Å². The van der Waals surface area contributed by atoms with Crippen molar-refractivity contribution in [2.24, 2.45) is 11.7 Å². The summed E-state index contributed by atoms with van der Waals surface area (Å²) in [6.45, 7) is 2.94. The zero-order chi connectivity index (χ0) is 8.15. The third-order valence-corrected chi connectivity index (χ3v) is 1.23. The Morgan fingerprint density at radius 1 is 1.60 bits per heavy atom. The van der Waals surface area contributed by atoms with Crippen LogP contribution in [0.3, 0.4) is 0 Å². The first-order valence-electron chi connectivity index (χ1n) is 3.45. The second-order valence-electron chi connectivity index (χ2n) is 3.04. The van der Waals surface area contributed by atoms with E-state index in [9.17, 15) is 4.79 Å². The molecule has 0 aromatic carbocycles. The second-order valence-corrected chi connectivity index (χ2v) is 3.04. The number of hydrogen-bond acceptors (Lipinski definition) is 2. The van der Waals surface area contributed by atoms with Crippen molar-refractivity contribution in [2.45, 2.75) is 13.3 Å². The van der Waals surface area contributed by atoms with E-state index in [1.54, 1.807) is 0 Å². The first-order valence-corrected chi connectivity index (χ1v) is 3.45. The van der Waals surface area contributed by atoms with Gasteiger partial charge < -0.3 is 10.6 Å². The number of amides is 1. The maximum atomic E-state index is 10.4. The van der Waals surface area contributed by atoms with Gasteiger partial charge in [-0.1, -0.05) is 6.92 Å². The summed E-state index contributed by atoms with van der Waals surface area (Å²) in [5.41, 5.74) is 5.01. The number of rotatable bonds is 4. The van der Waals surface area contributed by atoms with Crippen LogP contribution in [0.25, 0.3) is 0 Å². The van der Waals surface area contributed by atoms with Gasteiger partial charge in [0.15, 0.2) is 0 Å². The molecular formula is C7H16N2O. The van der Waals surface area contributed by atoms with Crippen LogP contribution in [0.1, 0.15) is 13.3 Å². The molecule has 0 fully saturated rings. The van der Waals surface area contributed by atoms with Crippen LogP contribution in [-0.2, 0) is 4.79 Å². The zero-order valence-electron chi connectivity index (χ0n) is 6.92. The molecule has 1 atom stereocenters. The first-order chi connectivity index (χ1) is 4.52. The molecule has 0 saturated heterocycles. The van der Waals surface area contributed by atoms with Crippen molar-refractivity contribution in [1.29, 1.82) is 0 Å². The van der Waals surface area contributed by atoms with E-state index in [0.29, 0.717) is 12.3 Å². The topological polar surface area (TPSA) is 46.3 Å². The van der Waals surface area contributed by atoms with Gasteiger partial charge in [0.25, 0.3) is 0 Å². The fraction of sp³-hybridized carbons (Fsp3) is 0.857. The third kappa shape index (κ3) is 5.56. The highest BCUT2D eigenvalue weighted by molar-refractivity contribution is 5.73. The summed E-state index contributed by atoms with van der Waals surface area (Å²) < 4.78 is 0. The molecule has 1 unspecified atom stereocenters. The molecule has 0 rings (SSSR count). The molecule has 0 aromatic rings. The van der Waals surface area contributed by atoms with Crippen LogP contribution >= 0.6 is 0 Å². The molecule has 0 bridgehead atoms. The van der Waals surface area contributed by atoms with Crippen molar-refractivity contribution in [3.05, 3.63) is 0 Å². The van der Waals surface area contributed by atoms with Crippen LogP contribution in [0.5, 0.6) is 0 Å². The molecule has 60 valence electrons. The van der Waals surface area contributed by atoms with Gasteiger partial charge in [0, 0.05) is 13.0 Å². The molecular weight excluding hydrogens is 128 g/mol. The van der Waals surface area contributed by atoms with E-state index in [-0.39, 0.29) is 5.91 Å². The Bertz CT molecular complexity index is 112. The molecule has 10 heavy (non-hydrogen) atoms. The largest absolute Gasteiger partial charge is 0.370 e. The van der Waals surface area contributed by atoms with Crippen LogP contribution in [-0.4, -0.2) is 31.4 Å². The molecule has 0 radical (unpaired) electrons. The Kier molecular flexibility index (Phi) is 4.03. The first kappa shape index (κ1) is 9.43. The van der Waals surface area contributed by atoms with Crippen molar-refractivity contribution in [1.82, 2.24) is 4.90 Å². The SMILES string of the molecule is CC(CC(N)=O)CN(C)C. The van der Waals surface area contributed by atoms with E-state index in [2.05, 4.69) is 0 Å². The highest BCUT2D eigenvalue weighted by atomic mass is 16.1. The molecule has 0 aliphatic rings. The van der Waals surface area contributed by atoms with Crippen molar-refractivity contribution in [3.63, 3.8) is 0 Å². The van der Waals surface area contributed by atoms with E-state index >= 15 is 0 Å². The average Bonchev–Trinajstić information content (AvgIpc) is 1.58. The van der Waals surface area contributed by atoms with Crippen LogP contribution in [0.4, 0.5) is 0 Å². The fourth-order valence-corrected chi connectivity index (χ4v) is 1.03. The van der Waals surface area contributed by atoms with Gasteiger partial charge in [0.2, 0.25) is 5.91 Å². The maximum Gasteiger partial charge on any atom is 0.217 e. The molecule has 0 heterocycles. The summed E-state index contributed by atoms with van der Waals surface area (Å²) >= 11 is 0. The van der Waals surface area contributed by atoms with E-state index in [1.807, 2.05) is 25.9 Å². The Balaban J connectivity index is 3.43. The Morgan fingerprint density at radius 3 is 2.40 bits per heavy atom. The minimum absolute atomic E-state index is 0.214. The predicted molar refractivity (Wildman–Crippen MR) is 41.5 cm³/mol. The monoisotopic (exact) mass is 144 g/mol. The van der Waals surface area contributed by atoms with Crippen LogP contribution < -0.4 is 5.73 Å². The predicted octanol–water partition coefficient (Wildman–Crippen LogP) is 0.0595. The second kappa shape index (κ2) is 4.28. The Labute approximate surface area is 62.2 Å². The number of primary amides is 1. The third-order valence-electron chi connectivity index (χ3n) is 1.23. The van der Waals surface area contributed by atoms with Gasteiger partial charge in [0.05, 0.1) is 0 Å². The quantitative estimate of drug-likeness (QED) is 0.606. The molecule has 0 aliphatic carbocycles. The molecule has 0 saturated carbocycles. The minimum atomic E-state index is -0.214. The van der Waals surface area contributed by atoms with Crippen molar-refractivity contribution >= 4 is 5.91 Å².